The lowest BCUT2D eigenvalue weighted by Gasteiger charge is -2.20. The van der Waals surface area contributed by atoms with Crippen molar-refractivity contribution in [1.82, 2.24) is 5.32 Å². The van der Waals surface area contributed by atoms with Gasteiger partial charge in [-0.25, -0.2) is 0 Å². The smallest absolute Gasteiger partial charge is 0.0315 e. The van der Waals surface area contributed by atoms with Gasteiger partial charge in [-0.05, 0) is 43.1 Å². The third-order valence-corrected chi connectivity index (χ3v) is 5.25. The summed E-state index contributed by atoms with van der Waals surface area (Å²) in [5.41, 5.74) is 2.65. The van der Waals surface area contributed by atoms with E-state index in [0.717, 1.165) is 5.92 Å². The molecule has 86 valence electrons. The van der Waals surface area contributed by atoms with Crippen LogP contribution in [0.4, 0.5) is 0 Å². The van der Waals surface area contributed by atoms with Crippen molar-refractivity contribution in [1.29, 1.82) is 0 Å². The van der Waals surface area contributed by atoms with Crippen LogP contribution in [0.2, 0.25) is 0 Å². The van der Waals surface area contributed by atoms with Crippen LogP contribution in [-0.4, -0.2) is 13.1 Å². The monoisotopic (exact) mass is 207 g/mol. The Morgan fingerprint density at radius 3 is 2.20 bits per heavy atom. The van der Waals surface area contributed by atoms with Crippen LogP contribution < -0.4 is 5.32 Å². The summed E-state index contributed by atoms with van der Waals surface area (Å²) in [6.45, 7) is 9.66. The number of nitrogens with one attached hydrogen (secondary N) is 1. The van der Waals surface area contributed by atoms with Crippen LogP contribution in [0.1, 0.15) is 47.0 Å². The Kier molecular flexibility index (Phi) is 2.50. The predicted octanol–water partition coefficient (Wildman–Crippen LogP) is 3.37. The van der Waals surface area contributed by atoms with Gasteiger partial charge in [0.05, 0.1) is 0 Å². The minimum atomic E-state index is 0.490. The molecule has 0 bridgehead atoms. The summed E-state index contributed by atoms with van der Waals surface area (Å²) in [5.74, 6) is 0.805. The summed E-state index contributed by atoms with van der Waals surface area (Å²) in [4.78, 5) is 0. The molecule has 1 saturated carbocycles. The van der Waals surface area contributed by atoms with Gasteiger partial charge in [0.1, 0.15) is 0 Å². The molecule has 1 fully saturated rings. The molecule has 0 aromatic carbocycles. The summed E-state index contributed by atoms with van der Waals surface area (Å²) >= 11 is 0. The predicted molar refractivity (Wildman–Crippen MR) is 65.8 cm³/mol. The fourth-order valence-corrected chi connectivity index (χ4v) is 3.63. The van der Waals surface area contributed by atoms with E-state index >= 15 is 0 Å². The zero-order chi connectivity index (χ0) is 11.3. The van der Waals surface area contributed by atoms with E-state index in [9.17, 15) is 0 Å². The van der Waals surface area contributed by atoms with Gasteiger partial charge in [-0.1, -0.05) is 39.3 Å². The molecule has 0 radical (unpaired) electrons. The number of rotatable bonds is 3. The van der Waals surface area contributed by atoms with Crippen LogP contribution in [0, 0.1) is 16.7 Å². The van der Waals surface area contributed by atoms with E-state index in [1.165, 1.54) is 19.3 Å². The second-order valence-corrected chi connectivity index (χ2v) is 6.36. The van der Waals surface area contributed by atoms with Gasteiger partial charge in [-0.2, -0.15) is 0 Å². The van der Waals surface area contributed by atoms with Crippen molar-refractivity contribution in [3.63, 3.8) is 0 Å². The van der Waals surface area contributed by atoms with Gasteiger partial charge < -0.3 is 5.32 Å². The van der Waals surface area contributed by atoms with Crippen LogP contribution >= 0.6 is 0 Å². The summed E-state index contributed by atoms with van der Waals surface area (Å²) in [6.07, 6.45) is 6.43. The number of allylic oxidation sites excluding steroid dienone is 1. The minimum absolute atomic E-state index is 0.490. The highest BCUT2D eigenvalue weighted by Crippen LogP contribution is 2.70. The Bertz CT molecular complexity index is 272. The first-order valence-corrected chi connectivity index (χ1v) is 6.29. The van der Waals surface area contributed by atoms with Crippen molar-refractivity contribution in [2.45, 2.75) is 53.0 Å². The quantitative estimate of drug-likeness (QED) is 0.700. The van der Waals surface area contributed by atoms with Gasteiger partial charge in [-0.3, -0.25) is 0 Å². The molecule has 2 aliphatic rings. The molecule has 1 nitrogen and oxygen atoms in total. The molecular weight excluding hydrogens is 182 g/mol. The van der Waals surface area contributed by atoms with Crippen LogP contribution in [0.15, 0.2) is 11.6 Å². The fourth-order valence-electron chi connectivity index (χ4n) is 3.63. The van der Waals surface area contributed by atoms with Gasteiger partial charge in [0, 0.05) is 6.04 Å². The molecule has 2 rings (SSSR count). The molecule has 1 N–H and O–H groups in total. The maximum absolute atomic E-state index is 3.55. The van der Waals surface area contributed by atoms with E-state index in [-0.39, 0.29) is 0 Å². The lowest BCUT2D eigenvalue weighted by atomic mass is 9.96. The molecule has 0 spiro atoms. The number of likely N-dealkylation sites (N-methyl/N-ethyl adjacent to an activating group) is 1. The number of hydrogen-bond acceptors (Lipinski definition) is 1. The van der Waals surface area contributed by atoms with Gasteiger partial charge in [-0.15, -0.1) is 0 Å². The third kappa shape index (κ3) is 1.47. The molecule has 2 aliphatic carbocycles. The molecule has 0 aromatic heterocycles. The highest BCUT2D eigenvalue weighted by atomic mass is 14.9. The van der Waals surface area contributed by atoms with Crippen LogP contribution in [0.5, 0.6) is 0 Å². The van der Waals surface area contributed by atoms with Crippen LogP contribution in [-0.2, 0) is 0 Å². The second-order valence-electron chi connectivity index (χ2n) is 6.36. The highest BCUT2D eigenvalue weighted by Gasteiger charge is 2.67. The molecule has 0 aromatic rings. The topological polar surface area (TPSA) is 12.0 Å². The summed E-state index contributed by atoms with van der Waals surface area (Å²) in [7, 11) is 2.12. The third-order valence-electron chi connectivity index (χ3n) is 5.25. The molecule has 1 heteroatoms. The number of hydrogen-bond donors (Lipinski definition) is 1. The van der Waals surface area contributed by atoms with E-state index in [4.69, 9.17) is 0 Å². The highest BCUT2D eigenvalue weighted by molar-refractivity contribution is 5.27. The lowest BCUT2D eigenvalue weighted by Crippen LogP contribution is -2.31. The average molecular weight is 207 g/mol. The Balaban J connectivity index is 2.16. The first kappa shape index (κ1) is 11.2. The Morgan fingerprint density at radius 2 is 1.87 bits per heavy atom. The summed E-state index contributed by atoms with van der Waals surface area (Å²) in [6, 6.07) is 0.623. The van der Waals surface area contributed by atoms with E-state index in [1.807, 2.05) is 0 Å². The SMILES string of the molecule is CNC(C1=CCCC1)C1C(C)(C)C1(C)C. The largest absolute Gasteiger partial charge is 0.313 e. The van der Waals surface area contributed by atoms with Gasteiger partial charge in [0.2, 0.25) is 0 Å². The van der Waals surface area contributed by atoms with E-state index < -0.39 is 0 Å². The molecular formula is C14H25N. The van der Waals surface area contributed by atoms with E-state index in [2.05, 4.69) is 46.1 Å². The minimum Gasteiger partial charge on any atom is -0.313 e. The molecule has 0 heterocycles. The fraction of sp³-hybridized carbons (Fsp3) is 0.857. The van der Waals surface area contributed by atoms with Crippen molar-refractivity contribution >= 4 is 0 Å². The van der Waals surface area contributed by atoms with Crippen LogP contribution in [0.25, 0.3) is 0 Å². The Labute approximate surface area is 94.3 Å². The second kappa shape index (κ2) is 3.35. The molecule has 15 heavy (non-hydrogen) atoms. The summed E-state index contributed by atoms with van der Waals surface area (Å²) in [5, 5.41) is 3.55. The normalized spacial score (nSPS) is 30.1. The molecule has 1 atom stereocenters. The van der Waals surface area contributed by atoms with Gasteiger partial charge >= 0.3 is 0 Å². The maximum atomic E-state index is 3.55. The van der Waals surface area contributed by atoms with E-state index in [0.29, 0.717) is 16.9 Å². The Morgan fingerprint density at radius 1 is 1.27 bits per heavy atom. The first-order valence-electron chi connectivity index (χ1n) is 6.29. The average Bonchev–Trinajstić information content (AvgIpc) is 2.63. The van der Waals surface area contributed by atoms with Gasteiger partial charge in [0.25, 0.3) is 0 Å². The van der Waals surface area contributed by atoms with E-state index in [1.54, 1.807) is 5.57 Å². The van der Waals surface area contributed by atoms with Crippen molar-refractivity contribution < 1.29 is 0 Å². The molecule has 1 unspecified atom stereocenters. The van der Waals surface area contributed by atoms with Crippen molar-refractivity contribution in [3.05, 3.63) is 11.6 Å². The Hall–Kier alpha value is -0.300. The van der Waals surface area contributed by atoms with Crippen molar-refractivity contribution in [2.24, 2.45) is 16.7 Å². The molecule has 0 aliphatic heterocycles. The first-order chi connectivity index (χ1) is 6.93. The maximum Gasteiger partial charge on any atom is 0.0315 e. The zero-order valence-corrected chi connectivity index (χ0v) is 10.9. The molecule has 0 saturated heterocycles. The lowest BCUT2D eigenvalue weighted by molar-refractivity contribution is 0.457. The van der Waals surface area contributed by atoms with Crippen LogP contribution in [0.3, 0.4) is 0 Å². The molecule has 0 amide bonds. The summed E-state index contributed by atoms with van der Waals surface area (Å²) < 4.78 is 0. The standard InChI is InChI=1S/C14H25N/c1-13(2)12(14(13,3)4)11(15-5)10-8-6-7-9-10/h8,11-12,15H,6-7,9H2,1-5H3. The van der Waals surface area contributed by atoms with Crippen molar-refractivity contribution in [3.8, 4) is 0 Å². The zero-order valence-electron chi connectivity index (χ0n) is 10.9. The van der Waals surface area contributed by atoms with Crippen molar-refractivity contribution in [2.75, 3.05) is 7.05 Å². The van der Waals surface area contributed by atoms with Gasteiger partial charge in [0.15, 0.2) is 0 Å².